The maximum Gasteiger partial charge on any atom is 0.594 e. The topological polar surface area (TPSA) is 44.8 Å². The Balaban J connectivity index is 1.34. The van der Waals surface area contributed by atoms with E-state index in [1.54, 1.807) is 0 Å². The van der Waals surface area contributed by atoms with Gasteiger partial charge in [-0.05, 0) is 39.3 Å². The molecule has 1 aliphatic heterocycles. The minimum absolute atomic E-state index is 0.0974. The van der Waals surface area contributed by atoms with Crippen molar-refractivity contribution < 1.29 is 18.8 Å². The zero-order valence-electron chi connectivity index (χ0n) is 17.3. The van der Waals surface area contributed by atoms with Crippen LogP contribution in [0, 0.1) is 5.41 Å². The molecule has 0 radical (unpaired) electrons. The summed E-state index contributed by atoms with van der Waals surface area (Å²) in [5.74, 6) is 1.64. The first-order valence-electron chi connectivity index (χ1n) is 10.6. The van der Waals surface area contributed by atoms with Crippen molar-refractivity contribution in [3.8, 4) is 11.5 Å². The third kappa shape index (κ3) is 8.27. The molecule has 0 aliphatic carbocycles. The molecule has 5 heteroatoms. The van der Waals surface area contributed by atoms with Crippen LogP contribution < -0.4 is 9.31 Å². The fourth-order valence-corrected chi connectivity index (χ4v) is 3.10. The number of benzene rings is 1. The number of hydrogen-bond acceptors (Lipinski definition) is 4. The summed E-state index contributed by atoms with van der Waals surface area (Å²) in [5.41, 5.74) is -0.389. The quantitative estimate of drug-likeness (QED) is 0.254. The van der Waals surface area contributed by atoms with E-state index in [9.17, 15) is 4.79 Å². The van der Waals surface area contributed by atoms with Crippen molar-refractivity contribution in [1.29, 1.82) is 0 Å². The Labute approximate surface area is 165 Å². The highest BCUT2D eigenvalue weighted by atomic mass is 16.6. The molecule has 0 N–H and O–H groups in total. The van der Waals surface area contributed by atoms with Gasteiger partial charge in [0.15, 0.2) is 0 Å². The van der Waals surface area contributed by atoms with Gasteiger partial charge in [0.25, 0.3) is 0 Å². The van der Waals surface area contributed by atoms with Crippen molar-refractivity contribution in [3.05, 3.63) is 24.3 Å². The van der Waals surface area contributed by atoms with Gasteiger partial charge in [0, 0.05) is 6.32 Å². The minimum Gasteiger partial charge on any atom is -0.523 e. The standard InChI is InChI=1S/C22H35BO4/c1-22(2,3)21(24)25-18-14-10-8-6-4-5-7-9-13-17-23-26-19-15-11-12-16-20(19)27-23/h11-12,15-16H,4-10,13-14,17-18H2,1-3H3. The predicted octanol–water partition coefficient (Wildman–Crippen LogP) is 6.05. The third-order valence-corrected chi connectivity index (χ3v) is 4.80. The van der Waals surface area contributed by atoms with E-state index in [0.717, 1.165) is 37.1 Å². The summed E-state index contributed by atoms with van der Waals surface area (Å²) in [7, 11) is -0.102. The molecule has 0 spiro atoms. The molecule has 1 aromatic rings. The fourth-order valence-electron chi connectivity index (χ4n) is 3.10. The lowest BCUT2D eigenvalue weighted by Crippen LogP contribution is -2.23. The van der Waals surface area contributed by atoms with Crippen molar-refractivity contribution in [3.63, 3.8) is 0 Å². The lowest BCUT2D eigenvalue weighted by Gasteiger charge is -2.16. The maximum absolute atomic E-state index is 11.6. The van der Waals surface area contributed by atoms with Gasteiger partial charge in [-0.25, -0.2) is 0 Å². The molecule has 4 nitrogen and oxygen atoms in total. The van der Waals surface area contributed by atoms with E-state index in [4.69, 9.17) is 14.0 Å². The predicted molar refractivity (Wildman–Crippen MR) is 110 cm³/mol. The Morgan fingerprint density at radius 2 is 1.33 bits per heavy atom. The third-order valence-electron chi connectivity index (χ3n) is 4.80. The number of carbonyl (C=O) groups is 1. The van der Waals surface area contributed by atoms with Crippen LogP contribution in [0.25, 0.3) is 0 Å². The number of rotatable bonds is 12. The molecule has 0 atom stereocenters. The van der Waals surface area contributed by atoms with Crippen molar-refractivity contribution in [2.24, 2.45) is 5.41 Å². The zero-order chi connectivity index (χ0) is 19.5. The molecular weight excluding hydrogens is 339 g/mol. The Morgan fingerprint density at radius 3 is 1.85 bits per heavy atom. The molecule has 2 rings (SSSR count). The monoisotopic (exact) mass is 374 g/mol. The van der Waals surface area contributed by atoms with Crippen LogP contribution in [0.4, 0.5) is 0 Å². The van der Waals surface area contributed by atoms with Gasteiger partial charge < -0.3 is 14.0 Å². The molecule has 0 bridgehead atoms. The summed E-state index contributed by atoms with van der Waals surface area (Å²) >= 11 is 0. The molecular formula is C22H35BO4. The second-order valence-corrected chi connectivity index (χ2v) is 8.47. The highest BCUT2D eigenvalue weighted by molar-refractivity contribution is 6.47. The molecule has 1 aromatic carbocycles. The normalized spacial score (nSPS) is 13.1. The summed E-state index contributed by atoms with van der Waals surface area (Å²) in [6, 6.07) is 7.87. The number of unbranched alkanes of at least 4 members (excludes halogenated alkanes) is 8. The van der Waals surface area contributed by atoms with Crippen LogP contribution in [0.2, 0.25) is 6.32 Å². The largest absolute Gasteiger partial charge is 0.594 e. The van der Waals surface area contributed by atoms with Crippen molar-refractivity contribution in [2.75, 3.05) is 6.61 Å². The van der Waals surface area contributed by atoms with E-state index in [-0.39, 0.29) is 18.5 Å². The van der Waals surface area contributed by atoms with Crippen molar-refractivity contribution >= 4 is 13.1 Å². The van der Waals surface area contributed by atoms with Gasteiger partial charge in [0.2, 0.25) is 0 Å². The minimum atomic E-state index is -0.389. The zero-order valence-corrected chi connectivity index (χ0v) is 17.3. The van der Waals surface area contributed by atoms with Crippen LogP contribution >= 0.6 is 0 Å². The molecule has 0 fully saturated rings. The van der Waals surface area contributed by atoms with Gasteiger partial charge in [-0.15, -0.1) is 0 Å². The number of hydrogen-bond donors (Lipinski definition) is 0. The summed E-state index contributed by atoms with van der Waals surface area (Å²) in [6.07, 6.45) is 11.9. The van der Waals surface area contributed by atoms with Crippen LogP contribution in [0.1, 0.15) is 78.6 Å². The number of fused-ring (bicyclic) bond motifs is 1. The fraction of sp³-hybridized carbons (Fsp3) is 0.682. The van der Waals surface area contributed by atoms with Crippen LogP contribution in [-0.4, -0.2) is 19.7 Å². The van der Waals surface area contributed by atoms with Crippen molar-refractivity contribution in [1.82, 2.24) is 0 Å². The molecule has 0 saturated carbocycles. The van der Waals surface area contributed by atoms with E-state index in [1.165, 1.54) is 38.5 Å². The first-order valence-corrected chi connectivity index (χ1v) is 10.6. The molecule has 0 unspecified atom stereocenters. The lowest BCUT2D eigenvalue weighted by atomic mass is 9.82. The first-order chi connectivity index (χ1) is 13.0. The average Bonchev–Trinajstić information content (AvgIpc) is 3.04. The highest BCUT2D eigenvalue weighted by Gasteiger charge is 2.30. The van der Waals surface area contributed by atoms with E-state index in [1.807, 2.05) is 45.0 Å². The van der Waals surface area contributed by atoms with Gasteiger partial charge in [-0.2, -0.15) is 0 Å². The SMILES string of the molecule is CC(C)(C)C(=O)OCCCCCCCCCCCB1Oc2ccccc2O1. The Hall–Kier alpha value is -1.65. The second kappa shape index (κ2) is 11.3. The summed E-state index contributed by atoms with van der Waals surface area (Å²) < 4.78 is 16.8. The molecule has 27 heavy (non-hydrogen) atoms. The van der Waals surface area contributed by atoms with E-state index in [2.05, 4.69) is 0 Å². The molecule has 1 heterocycles. The molecule has 150 valence electrons. The van der Waals surface area contributed by atoms with Gasteiger partial charge >= 0.3 is 13.1 Å². The van der Waals surface area contributed by atoms with E-state index >= 15 is 0 Å². The van der Waals surface area contributed by atoms with Crippen LogP contribution in [0.5, 0.6) is 11.5 Å². The summed E-state index contributed by atoms with van der Waals surface area (Å²) in [5, 5.41) is 0. The second-order valence-electron chi connectivity index (χ2n) is 8.47. The molecule has 0 amide bonds. The van der Waals surface area contributed by atoms with Crippen molar-refractivity contribution in [2.45, 2.75) is 84.9 Å². The lowest BCUT2D eigenvalue weighted by molar-refractivity contribution is -0.153. The molecule has 0 aromatic heterocycles. The van der Waals surface area contributed by atoms with Gasteiger partial charge in [0.05, 0.1) is 12.0 Å². The Morgan fingerprint density at radius 1 is 0.852 bits per heavy atom. The number of carbonyl (C=O) groups excluding carboxylic acids is 1. The average molecular weight is 374 g/mol. The first kappa shape index (κ1) is 21.7. The van der Waals surface area contributed by atoms with Crippen LogP contribution in [0.15, 0.2) is 24.3 Å². The number of esters is 1. The van der Waals surface area contributed by atoms with E-state index in [0.29, 0.717) is 6.61 Å². The Bertz CT molecular complexity index is 543. The van der Waals surface area contributed by atoms with Crippen LogP contribution in [0.3, 0.4) is 0 Å². The van der Waals surface area contributed by atoms with Crippen LogP contribution in [-0.2, 0) is 9.53 Å². The number of para-hydroxylation sites is 2. The smallest absolute Gasteiger partial charge is 0.523 e. The molecule has 1 aliphatic rings. The van der Waals surface area contributed by atoms with E-state index < -0.39 is 0 Å². The summed E-state index contributed by atoms with van der Waals surface area (Å²) in [4.78, 5) is 11.6. The number of ether oxygens (including phenoxy) is 1. The summed E-state index contributed by atoms with van der Waals surface area (Å²) in [6.45, 7) is 6.23. The van der Waals surface area contributed by atoms with Gasteiger partial charge in [-0.1, -0.05) is 63.5 Å². The molecule has 0 saturated heterocycles. The highest BCUT2D eigenvalue weighted by Crippen LogP contribution is 2.33. The Kier molecular flexibility index (Phi) is 9.03. The van der Waals surface area contributed by atoms with Gasteiger partial charge in [0.1, 0.15) is 11.5 Å². The van der Waals surface area contributed by atoms with Gasteiger partial charge in [-0.3, -0.25) is 4.79 Å². The maximum atomic E-state index is 11.6.